The van der Waals surface area contributed by atoms with Crippen molar-refractivity contribution in [2.24, 2.45) is 0 Å². The van der Waals surface area contributed by atoms with Gasteiger partial charge in [-0.2, -0.15) is 0 Å². The Bertz CT molecular complexity index is 890. The monoisotopic (exact) mass is 384 g/mol. The maximum atomic E-state index is 7.80. The zero-order chi connectivity index (χ0) is 19.0. The van der Waals surface area contributed by atoms with Crippen molar-refractivity contribution in [3.8, 4) is 5.75 Å². The third kappa shape index (κ3) is 2.75. The summed E-state index contributed by atoms with van der Waals surface area (Å²) in [5.41, 5.74) is 3.65. The van der Waals surface area contributed by atoms with Crippen LogP contribution in [0.2, 0.25) is 0 Å². The summed E-state index contributed by atoms with van der Waals surface area (Å²) in [4.78, 5) is 0. The van der Waals surface area contributed by atoms with Gasteiger partial charge in [-0.1, -0.05) is 0 Å². The first-order valence-corrected chi connectivity index (χ1v) is 12.4. The minimum atomic E-state index is -3.14. The Kier molecular flexibility index (Phi) is 4.90. The Morgan fingerprint density at radius 2 is 1.19 bits per heavy atom. The van der Waals surface area contributed by atoms with Gasteiger partial charge in [-0.3, -0.25) is 0 Å². The molecule has 0 atom stereocenters. The number of halogens is 1. The van der Waals surface area contributed by atoms with E-state index >= 15 is 0 Å². The van der Waals surface area contributed by atoms with Crippen molar-refractivity contribution in [2.75, 3.05) is 13.8 Å². The molecule has 3 aromatic carbocycles. The molecule has 0 bridgehead atoms. The van der Waals surface area contributed by atoms with Gasteiger partial charge < -0.3 is 0 Å². The van der Waals surface area contributed by atoms with E-state index in [1.807, 2.05) is 12.1 Å². The molecular formula is C23H26ClOP. The molecule has 0 heterocycles. The Morgan fingerprint density at radius 1 is 0.731 bits per heavy atom. The number of methoxy groups -OCH3 is 1. The van der Waals surface area contributed by atoms with E-state index in [4.69, 9.17) is 16.0 Å². The summed E-state index contributed by atoms with van der Waals surface area (Å²) in [6.07, 6.45) is 0. The van der Waals surface area contributed by atoms with E-state index in [2.05, 4.69) is 82.0 Å². The average molecular weight is 385 g/mol. The van der Waals surface area contributed by atoms with Gasteiger partial charge >= 0.3 is 162 Å². The van der Waals surface area contributed by atoms with Crippen LogP contribution in [0.5, 0.6) is 5.75 Å². The molecule has 0 unspecified atom stereocenters. The second-order valence-electron chi connectivity index (χ2n) is 7.07. The first-order valence-electron chi connectivity index (χ1n) is 8.80. The summed E-state index contributed by atoms with van der Waals surface area (Å²) in [7, 11) is 1.73. The van der Waals surface area contributed by atoms with Crippen LogP contribution in [-0.2, 0) is 0 Å². The van der Waals surface area contributed by atoms with Crippen LogP contribution in [0.4, 0.5) is 0 Å². The van der Waals surface area contributed by atoms with Crippen molar-refractivity contribution < 1.29 is 4.74 Å². The molecule has 0 saturated carbocycles. The molecule has 3 rings (SSSR count). The van der Waals surface area contributed by atoms with Crippen LogP contribution in [0.1, 0.15) is 16.7 Å². The molecule has 3 aromatic rings. The Labute approximate surface area is 161 Å². The Hall–Kier alpha value is -1.82. The first kappa shape index (κ1) is 19.0. The summed E-state index contributed by atoms with van der Waals surface area (Å²) in [6.45, 7) is 8.67. The van der Waals surface area contributed by atoms with Crippen molar-refractivity contribution in [1.82, 2.24) is 0 Å². The third-order valence-electron chi connectivity index (χ3n) is 5.68. The molecule has 0 saturated heterocycles. The summed E-state index contributed by atoms with van der Waals surface area (Å²) in [5, 5.41) is 3.51. The van der Waals surface area contributed by atoms with Crippen molar-refractivity contribution in [3.05, 3.63) is 83.4 Å². The second-order valence-corrected chi connectivity index (χ2v) is 14.0. The van der Waals surface area contributed by atoms with E-state index in [-0.39, 0.29) is 0 Å². The van der Waals surface area contributed by atoms with Gasteiger partial charge in [0.25, 0.3) is 0 Å². The van der Waals surface area contributed by atoms with E-state index in [0.717, 1.165) is 5.75 Å². The molecule has 0 amide bonds. The molecule has 136 valence electrons. The van der Waals surface area contributed by atoms with Gasteiger partial charge in [0.1, 0.15) is 0 Å². The van der Waals surface area contributed by atoms with E-state index in [0.29, 0.717) is 0 Å². The molecule has 0 N–H and O–H groups in total. The zero-order valence-corrected chi connectivity index (χ0v) is 17.7. The number of benzene rings is 3. The van der Waals surface area contributed by atoms with Gasteiger partial charge in [0.05, 0.1) is 0 Å². The van der Waals surface area contributed by atoms with E-state index in [1.54, 1.807) is 7.11 Å². The van der Waals surface area contributed by atoms with Gasteiger partial charge in [0.15, 0.2) is 0 Å². The standard InChI is InChI=1S/C23H26ClOP/c1-17-18(2)22(25-4)16-23(19(17)3)26(5,24,20-12-8-6-9-13-20)21-14-10-7-11-15-21/h6-16H,1-5H3. The molecule has 0 aliphatic heterocycles. The van der Waals surface area contributed by atoms with Gasteiger partial charge in [-0.05, 0) is 0 Å². The minimum absolute atomic E-state index is 0.895. The molecular weight excluding hydrogens is 359 g/mol. The molecule has 0 spiro atoms. The van der Waals surface area contributed by atoms with Crippen LogP contribution in [0, 0.1) is 20.8 Å². The van der Waals surface area contributed by atoms with E-state index < -0.39 is 5.96 Å². The molecule has 0 aliphatic carbocycles. The molecule has 0 radical (unpaired) electrons. The first-order chi connectivity index (χ1) is 12.3. The topological polar surface area (TPSA) is 9.23 Å². The molecule has 0 fully saturated rings. The van der Waals surface area contributed by atoms with Gasteiger partial charge in [0, 0.05) is 0 Å². The fourth-order valence-electron chi connectivity index (χ4n) is 3.76. The molecule has 26 heavy (non-hydrogen) atoms. The van der Waals surface area contributed by atoms with Crippen LogP contribution >= 0.6 is 17.2 Å². The van der Waals surface area contributed by atoms with E-state index in [1.165, 1.54) is 32.6 Å². The van der Waals surface area contributed by atoms with Crippen molar-refractivity contribution >= 4 is 33.1 Å². The van der Waals surface area contributed by atoms with E-state index in [9.17, 15) is 0 Å². The van der Waals surface area contributed by atoms with Crippen molar-refractivity contribution in [3.63, 3.8) is 0 Å². The molecule has 0 aromatic heterocycles. The Morgan fingerprint density at radius 3 is 1.62 bits per heavy atom. The average Bonchev–Trinajstić information content (AvgIpc) is 2.68. The summed E-state index contributed by atoms with van der Waals surface area (Å²) < 4.78 is 5.70. The fraction of sp³-hybridized carbons (Fsp3) is 0.217. The predicted octanol–water partition coefficient (Wildman–Crippen LogP) is 5.23. The molecule has 3 heteroatoms. The quantitative estimate of drug-likeness (QED) is 0.559. The second kappa shape index (κ2) is 6.72. The van der Waals surface area contributed by atoms with Crippen molar-refractivity contribution in [2.45, 2.75) is 20.8 Å². The van der Waals surface area contributed by atoms with Crippen LogP contribution < -0.4 is 20.7 Å². The fourth-order valence-corrected chi connectivity index (χ4v) is 8.96. The SMILES string of the molecule is COc1cc(P(C)(Cl)(c2ccccc2)c2ccccc2)c(C)c(C)c1C. The summed E-state index contributed by atoms with van der Waals surface area (Å²) in [5.74, 6) is -2.24. The van der Waals surface area contributed by atoms with Gasteiger partial charge in [-0.25, -0.2) is 0 Å². The number of hydrogen-bond donors (Lipinski definition) is 0. The van der Waals surface area contributed by atoms with Gasteiger partial charge in [0.2, 0.25) is 0 Å². The normalized spacial score (nSPS) is 13.1. The number of ether oxygens (including phenoxy) is 1. The van der Waals surface area contributed by atoms with Crippen LogP contribution in [0.15, 0.2) is 66.7 Å². The van der Waals surface area contributed by atoms with Crippen LogP contribution in [-0.4, -0.2) is 13.8 Å². The van der Waals surface area contributed by atoms with Crippen LogP contribution in [0.25, 0.3) is 0 Å². The molecule has 1 nitrogen and oxygen atoms in total. The Balaban J connectivity index is 2.47. The summed E-state index contributed by atoms with van der Waals surface area (Å²) in [6, 6.07) is 23.1. The van der Waals surface area contributed by atoms with Gasteiger partial charge in [-0.15, -0.1) is 0 Å². The third-order valence-corrected chi connectivity index (χ3v) is 12.1. The van der Waals surface area contributed by atoms with Crippen LogP contribution in [0.3, 0.4) is 0 Å². The van der Waals surface area contributed by atoms with Crippen molar-refractivity contribution in [1.29, 1.82) is 0 Å². The number of hydrogen-bond acceptors (Lipinski definition) is 1. The zero-order valence-electron chi connectivity index (χ0n) is 16.1. The number of rotatable bonds is 4. The maximum absolute atomic E-state index is 7.80. The summed E-state index contributed by atoms with van der Waals surface area (Å²) >= 11 is 7.80. The molecule has 0 aliphatic rings. The predicted molar refractivity (Wildman–Crippen MR) is 118 cm³/mol.